The molecule has 11 heteroatoms. The summed E-state index contributed by atoms with van der Waals surface area (Å²) in [6, 6.07) is 12.1. The molecule has 0 spiro atoms. The molecule has 0 radical (unpaired) electrons. The number of hydrogen-bond acceptors (Lipinski definition) is 7. The highest BCUT2D eigenvalue weighted by Gasteiger charge is 2.36. The number of ether oxygens (including phenoxy) is 3. The van der Waals surface area contributed by atoms with E-state index in [0.717, 1.165) is 45.9 Å². The molecule has 2 amide bonds. The number of benzene rings is 2. The van der Waals surface area contributed by atoms with E-state index >= 15 is 4.39 Å². The summed E-state index contributed by atoms with van der Waals surface area (Å²) in [5.74, 6) is -0.612. The van der Waals surface area contributed by atoms with E-state index in [0.29, 0.717) is 51.7 Å². The number of aromatic nitrogens is 1. The Morgan fingerprint density at radius 1 is 1.07 bits per heavy atom. The van der Waals surface area contributed by atoms with Crippen molar-refractivity contribution < 1.29 is 32.9 Å². The molecule has 6 rings (SSSR count). The van der Waals surface area contributed by atoms with Crippen LogP contribution in [0.3, 0.4) is 0 Å². The number of rotatable bonds is 8. The van der Waals surface area contributed by atoms with E-state index in [2.05, 4.69) is 4.90 Å². The van der Waals surface area contributed by atoms with Crippen LogP contribution in [0.4, 0.5) is 14.9 Å². The van der Waals surface area contributed by atoms with Crippen molar-refractivity contribution >= 4 is 17.7 Å². The molecule has 2 saturated heterocycles. The molecule has 3 aromatic rings. The number of halogens is 1. The van der Waals surface area contributed by atoms with Gasteiger partial charge in [-0.3, -0.25) is 14.6 Å². The number of aryl methyl sites for hydroxylation is 1. The Kier molecular flexibility index (Phi) is 9.30. The number of anilines is 1. The second-order valence-corrected chi connectivity index (χ2v) is 12.3. The molecular formula is C35H41FN4O6. The Balaban J connectivity index is 1.07. The lowest BCUT2D eigenvalue weighted by molar-refractivity contribution is -0.614. The molecule has 46 heavy (non-hydrogen) atoms. The number of carbonyl (C=O) groups excluding carboxylic acids is 2. The van der Waals surface area contributed by atoms with E-state index < -0.39 is 5.82 Å². The van der Waals surface area contributed by atoms with Gasteiger partial charge in [0.1, 0.15) is 18.5 Å². The predicted octanol–water partition coefficient (Wildman–Crippen LogP) is 5.14. The minimum Gasteiger partial charge on any atom is -0.618 e. The molecule has 3 aliphatic rings. The summed E-state index contributed by atoms with van der Waals surface area (Å²) in [5.41, 5.74) is 4.92. The van der Waals surface area contributed by atoms with E-state index in [1.165, 1.54) is 19.2 Å². The quantitative estimate of drug-likeness (QED) is 0.251. The zero-order valence-corrected chi connectivity index (χ0v) is 26.7. The van der Waals surface area contributed by atoms with Gasteiger partial charge in [-0.05, 0) is 50.3 Å². The second kappa shape index (κ2) is 13.5. The Morgan fingerprint density at radius 2 is 1.80 bits per heavy atom. The fraction of sp³-hybridized carbons (Fsp3) is 0.457. The molecule has 0 aliphatic carbocycles. The van der Waals surface area contributed by atoms with Crippen LogP contribution in [0.2, 0.25) is 0 Å². The van der Waals surface area contributed by atoms with Crippen molar-refractivity contribution in [2.75, 3.05) is 38.2 Å². The summed E-state index contributed by atoms with van der Waals surface area (Å²) in [6.45, 7) is 7.30. The number of methoxy groups -OCH3 is 1. The van der Waals surface area contributed by atoms with E-state index in [9.17, 15) is 14.8 Å². The molecule has 244 valence electrons. The summed E-state index contributed by atoms with van der Waals surface area (Å²) in [7, 11) is 1.46. The third kappa shape index (κ3) is 6.33. The third-order valence-electron chi connectivity index (χ3n) is 9.50. The Morgan fingerprint density at radius 3 is 2.52 bits per heavy atom. The van der Waals surface area contributed by atoms with E-state index in [4.69, 9.17) is 14.2 Å². The van der Waals surface area contributed by atoms with Crippen molar-refractivity contribution in [3.63, 3.8) is 0 Å². The van der Waals surface area contributed by atoms with Gasteiger partial charge >= 0.3 is 6.09 Å². The van der Waals surface area contributed by atoms with Gasteiger partial charge in [-0.1, -0.05) is 25.1 Å². The smallest absolute Gasteiger partial charge is 0.414 e. The summed E-state index contributed by atoms with van der Waals surface area (Å²) < 4.78 is 33.4. The van der Waals surface area contributed by atoms with Crippen LogP contribution in [-0.2, 0) is 24.3 Å². The van der Waals surface area contributed by atoms with Crippen molar-refractivity contribution in [3.8, 4) is 11.5 Å². The molecule has 0 bridgehead atoms. The Hall–Kier alpha value is -4.38. The monoisotopic (exact) mass is 632 g/mol. The molecule has 0 atom stereocenters. The highest BCUT2D eigenvalue weighted by molar-refractivity contribution is 5.97. The highest BCUT2D eigenvalue weighted by atomic mass is 19.1. The normalized spacial score (nSPS) is 17.9. The number of para-hydroxylation sites is 1. The molecule has 0 unspecified atom stereocenters. The standard InChI is InChI=1S/C35H41FN4O6/c1-4-30-28(23(2)9-18-39(30)43)21-37-14-12-26(13-15-37)46-33-20-32(44-3)27(19-29(33)36)34(41)38-16-10-25(11-17-38)40-31-8-6-5-7-24(31)22-45-35(40)42/h5-9,18-20,25-26H,4,10-17,21-22H2,1-3H3. The van der Waals surface area contributed by atoms with Gasteiger partial charge in [-0.2, -0.15) is 4.73 Å². The molecule has 0 saturated carbocycles. The molecule has 2 fully saturated rings. The zero-order chi connectivity index (χ0) is 32.4. The van der Waals surface area contributed by atoms with Crippen molar-refractivity contribution in [3.05, 3.63) is 87.6 Å². The van der Waals surface area contributed by atoms with E-state index in [1.54, 1.807) is 16.0 Å². The molecular weight excluding hydrogens is 591 g/mol. The zero-order valence-electron chi connectivity index (χ0n) is 26.7. The van der Waals surface area contributed by atoms with Gasteiger partial charge in [0.05, 0.1) is 18.4 Å². The number of pyridine rings is 1. The topological polar surface area (TPSA) is 98.5 Å². The SMILES string of the molecule is CCc1c(CN2CCC(Oc3cc(OC)c(C(=O)N4CCC(N5C(=O)OCc6ccccc65)CC4)cc3F)CC2)c(C)cc[n+]1[O-]. The second-order valence-electron chi connectivity index (χ2n) is 12.3. The van der Waals surface area contributed by atoms with Gasteiger partial charge < -0.3 is 24.3 Å². The number of nitrogens with zero attached hydrogens (tertiary/aromatic N) is 4. The van der Waals surface area contributed by atoms with Crippen molar-refractivity contribution in [2.45, 2.75) is 71.2 Å². The first-order valence-electron chi connectivity index (χ1n) is 16.1. The van der Waals surface area contributed by atoms with Crippen LogP contribution in [0, 0.1) is 17.9 Å². The maximum absolute atomic E-state index is 15.4. The van der Waals surface area contributed by atoms with Crippen LogP contribution in [0.5, 0.6) is 11.5 Å². The molecule has 1 aromatic heterocycles. The lowest BCUT2D eigenvalue weighted by atomic mass is 10.00. The lowest BCUT2D eigenvalue weighted by Crippen LogP contribution is -2.50. The number of cyclic esters (lactones) is 1. The van der Waals surface area contributed by atoms with Crippen LogP contribution < -0.4 is 19.1 Å². The lowest BCUT2D eigenvalue weighted by Gasteiger charge is -2.40. The first-order valence-corrected chi connectivity index (χ1v) is 16.1. The number of carbonyl (C=O) groups is 2. The van der Waals surface area contributed by atoms with Crippen LogP contribution >= 0.6 is 0 Å². The average molecular weight is 633 g/mol. The first kappa shape index (κ1) is 31.6. The van der Waals surface area contributed by atoms with Crippen molar-refractivity contribution in [2.24, 2.45) is 0 Å². The minimum absolute atomic E-state index is 0.0624. The number of amides is 2. The molecule has 0 N–H and O–H groups in total. The predicted molar refractivity (Wildman–Crippen MR) is 169 cm³/mol. The van der Waals surface area contributed by atoms with Crippen LogP contribution in [0.1, 0.15) is 65.3 Å². The van der Waals surface area contributed by atoms with Gasteiger partial charge in [0.15, 0.2) is 23.5 Å². The molecule has 3 aliphatic heterocycles. The van der Waals surface area contributed by atoms with Crippen LogP contribution in [0.25, 0.3) is 0 Å². The van der Waals surface area contributed by atoms with E-state index in [1.807, 2.05) is 44.2 Å². The summed E-state index contributed by atoms with van der Waals surface area (Å²) in [4.78, 5) is 31.9. The first-order chi connectivity index (χ1) is 22.3. The third-order valence-corrected chi connectivity index (χ3v) is 9.50. The van der Waals surface area contributed by atoms with Crippen LogP contribution in [0.15, 0.2) is 48.7 Å². The largest absolute Gasteiger partial charge is 0.618 e. The maximum atomic E-state index is 15.4. The fourth-order valence-electron chi connectivity index (χ4n) is 6.88. The summed E-state index contributed by atoms with van der Waals surface area (Å²) in [6.07, 6.45) is 4.23. The number of likely N-dealkylation sites (tertiary alicyclic amines) is 2. The molecule has 2 aromatic carbocycles. The average Bonchev–Trinajstić information content (AvgIpc) is 3.08. The Labute approximate surface area is 268 Å². The van der Waals surface area contributed by atoms with Crippen molar-refractivity contribution in [1.82, 2.24) is 9.80 Å². The minimum atomic E-state index is -0.610. The van der Waals surface area contributed by atoms with E-state index in [-0.39, 0.29) is 47.8 Å². The van der Waals surface area contributed by atoms with Gasteiger partial charge in [-0.15, -0.1) is 0 Å². The summed E-state index contributed by atoms with van der Waals surface area (Å²) >= 11 is 0. The van der Waals surface area contributed by atoms with Crippen molar-refractivity contribution in [1.29, 1.82) is 0 Å². The maximum Gasteiger partial charge on any atom is 0.414 e. The van der Waals surface area contributed by atoms with Gasteiger partial charge in [0, 0.05) is 68.4 Å². The highest BCUT2D eigenvalue weighted by Crippen LogP contribution is 2.34. The molecule has 10 nitrogen and oxygen atoms in total. The number of fused-ring (bicyclic) bond motifs is 1. The van der Waals surface area contributed by atoms with Gasteiger partial charge in [0.25, 0.3) is 5.91 Å². The van der Waals surface area contributed by atoms with Gasteiger partial charge in [-0.25, -0.2) is 9.18 Å². The molecule has 4 heterocycles. The van der Waals surface area contributed by atoms with Gasteiger partial charge in [0.2, 0.25) is 0 Å². The number of piperidine rings is 2. The van der Waals surface area contributed by atoms with Crippen LogP contribution in [-0.4, -0.2) is 67.2 Å². The fourth-order valence-corrected chi connectivity index (χ4v) is 6.88. The Bertz CT molecular complexity index is 1600. The number of hydrogen-bond donors (Lipinski definition) is 0. The summed E-state index contributed by atoms with van der Waals surface area (Å²) in [5, 5.41) is 12.3.